The largest absolute Gasteiger partial charge is 0.497 e. The maximum Gasteiger partial charge on any atom is 0.252 e. The number of rotatable bonds is 6. The molecule has 0 radical (unpaired) electrons. The van der Waals surface area contributed by atoms with Crippen molar-refractivity contribution in [2.24, 2.45) is 5.11 Å². The van der Waals surface area contributed by atoms with Crippen LogP contribution < -0.4 is 10.1 Å². The van der Waals surface area contributed by atoms with Crippen LogP contribution in [0.15, 0.2) is 47.7 Å². The van der Waals surface area contributed by atoms with Crippen molar-refractivity contribution < 1.29 is 14.3 Å². The predicted molar refractivity (Wildman–Crippen MR) is 100 cm³/mol. The van der Waals surface area contributed by atoms with Crippen molar-refractivity contribution >= 4 is 11.7 Å². The highest BCUT2D eigenvalue weighted by atomic mass is 16.5. The van der Waals surface area contributed by atoms with E-state index in [9.17, 15) is 4.79 Å². The van der Waals surface area contributed by atoms with Crippen molar-refractivity contribution in [3.05, 3.63) is 64.2 Å². The van der Waals surface area contributed by atoms with Gasteiger partial charge in [0.25, 0.3) is 5.91 Å². The highest BCUT2D eigenvalue weighted by molar-refractivity contribution is 5.94. The van der Waals surface area contributed by atoms with Crippen LogP contribution in [0, 0.1) is 0 Å². The number of aromatic nitrogens is 1. The molecule has 1 fully saturated rings. The summed E-state index contributed by atoms with van der Waals surface area (Å²) < 4.78 is 10.8. The number of hydrogen-bond donors (Lipinski definition) is 1. The molecule has 0 saturated carbocycles. The Morgan fingerprint density at radius 3 is 2.63 bits per heavy atom. The van der Waals surface area contributed by atoms with Crippen LogP contribution in [0.25, 0.3) is 10.4 Å². The molecule has 2 heterocycles. The molecule has 0 aliphatic carbocycles. The first-order valence-corrected chi connectivity index (χ1v) is 8.68. The van der Waals surface area contributed by atoms with Gasteiger partial charge in [-0.15, -0.1) is 0 Å². The van der Waals surface area contributed by atoms with E-state index < -0.39 is 0 Å². The van der Waals surface area contributed by atoms with Gasteiger partial charge in [-0.1, -0.05) is 12.1 Å². The summed E-state index contributed by atoms with van der Waals surface area (Å²) in [6, 6.07) is 11.1. The van der Waals surface area contributed by atoms with Crippen molar-refractivity contribution in [2.75, 3.05) is 26.9 Å². The zero-order valence-electron chi connectivity index (χ0n) is 15.1. The van der Waals surface area contributed by atoms with Crippen molar-refractivity contribution in [3.63, 3.8) is 0 Å². The molecule has 1 N–H and O–H groups in total. The molecule has 140 valence electrons. The molecule has 3 rings (SSSR count). The fourth-order valence-corrected chi connectivity index (χ4v) is 3.25. The van der Waals surface area contributed by atoms with Gasteiger partial charge in [-0.05, 0) is 53.3 Å². The van der Waals surface area contributed by atoms with Crippen molar-refractivity contribution in [1.82, 2.24) is 10.3 Å². The van der Waals surface area contributed by atoms with E-state index in [1.807, 2.05) is 24.3 Å². The third-order valence-electron chi connectivity index (χ3n) is 4.90. The van der Waals surface area contributed by atoms with Crippen molar-refractivity contribution in [1.29, 1.82) is 0 Å². The molecule has 1 aliphatic rings. The van der Waals surface area contributed by atoms with E-state index in [1.54, 1.807) is 13.2 Å². The standard InChI is InChI=1S/C19H21N5O3/c1-26-16-5-3-15(4-6-16)19(8-10-27-11-9-19)13-22-18(25)14-2-7-17(21-12-14)23-24-20/h2-7,12H,8-11,13H2,1H3,(H,22,25). The lowest BCUT2D eigenvalue weighted by atomic mass is 9.74. The number of nitrogens with one attached hydrogen (secondary N) is 1. The molecule has 0 bridgehead atoms. The number of amides is 1. The van der Waals surface area contributed by atoms with Crippen LogP contribution >= 0.6 is 0 Å². The number of azide groups is 1. The lowest BCUT2D eigenvalue weighted by molar-refractivity contribution is 0.0487. The molecular weight excluding hydrogens is 346 g/mol. The van der Waals surface area contributed by atoms with Gasteiger partial charge in [-0.3, -0.25) is 9.78 Å². The minimum atomic E-state index is -0.214. The Bertz CT molecular complexity index is 823. The van der Waals surface area contributed by atoms with E-state index in [4.69, 9.17) is 15.0 Å². The van der Waals surface area contributed by atoms with Gasteiger partial charge in [0.15, 0.2) is 0 Å². The first kappa shape index (κ1) is 18.7. The summed E-state index contributed by atoms with van der Waals surface area (Å²) in [5.74, 6) is 0.818. The average molecular weight is 367 g/mol. The molecule has 8 nitrogen and oxygen atoms in total. The van der Waals surface area contributed by atoms with E-state index >= 15 is 0 Å². The number of benzene rings is 1. The molecule has 0 atom stereocenters. The summed E-state index contributed by atoms with van der Waals surface area (Å²) in [5.41, 5.74) is 9.81. The maximum atomic E-state index is 12.5. The van der Waals surface area contributed by atoms with Gasteiger partial charge in [-0.2, -0.15) is 0 Å². The molecule has 27 heavy (non-hydrogen) atoms. The first-order chi connectivity index (χ1) is 13.2. The first-order valence-electron chi connectivity index (χ1n) is 8.68. The molecule has 8 heteroatoms. The predicted octanol–water partition coefficient (Wildman–Crippen LogP) is 3.51. The number of ether oxygens (including phenoxy) is 2. The van der Waals surface area contributed by atoms with E-state index in [1.165, 1.54) is 12.3 Å². The van der Waals surface area contributed by atoms with Crippen LogP contribution in [-0.2, 0) is 10.2 Å². The van der Waals surface area contributed by atoms with Crippen molar-refractivity contribution in [2.45, 2.75) is 18.3 Å². The van der Waals surface area contributed by atoms with Gasteiger partial charge >= 0.3 is 0 Å². The quantitative estimate of drug-likeness (QED) is 0.478. The summed E-state index contributed by atoms with van der Waals surface area (Å²) in [5, 5.41) is 6.42. The zero-order chi connectivity index (χ0) is 19.1. The molecular formula is C19H21N5O3. The van der Waals surface area contributed by atoms with Crippen LogP contribution in [0.4, 0.5) is 5.82 Å². The van der Waals surface area contributed by atoms with Gasteiger partial charge in [0.1, 0.15) is 11.6 Å². The Morgan fingerprint density at radius 2 is 2.04 bits per heavy atom. The lowest BCUT2D eigenvalue weighted by Crippen LogP contribution is -2.44. The van der Waals surface area contributed by atoms with E-state index in [-0.39, 0.29) is 17.1 Å². The van der Waals surface area contributed by atoms with Gasteiger partial charge in [-0.25, -0.2) is 0 Å². The second-order valence-electron chi connectivity index (χ2n) is 6.40. The van der Waals surface area contributed by atoms with Gasteiger partial charge in [0.2, 0.25) is 0 Å². The van der Waals surface area contributed by atoms with Crippen LogP contribution in [0.5, 0.6) is 5.75 Å². The minimum absolute atomic E-state index is 0.182. The molecule has 1 saturated heterocycles. The third-order valence-corrected chi connectivity index (χ3v) is 4.90. The monoisotopic (exact) mass is 367 g/mol. The van der Waals surface area contributed by atoms with Gasteiger partial charge in [0.05, 0.1) is 12.7 Å². The smallest absolute Gasteiger partial charge is 0.252 e. The number of pyridine rings is 1. The summed E-state index contributed by atoms with van der Waals surface area (Å²) in [6.07, 6.45) is 3.06. The van der Waals surface area contributed by atoms with E-state index in [2.05, 4.69) is 20.3 Å². The summed E-state index contributed by atoms with van der Waals surface area (Å²) in [6.45, 7) is 1.81. The molecule has 1 aromatic carbocycles. The maximum absolute atomic E-state index is 12.5. The molecule has 0 unspecified atom stereocenters. The minimum Gasteiger partial charge on any atom is -0.497 e. The topological polar surface area (TPSA) is 109 Å². The number of methoxy groups -OCH3 is 1. The molecule has 1 aromatic heterocycles. The Balaban J connectivity index is 1.74. The Morgan fingerprint density at radius 1 is 1.30 bits per heavy atom. The summed E-state index contributed by atoms with van der Waals surface area (Å²) >= 11 is 0. The fraction of sp³-hybridized carbons (Fsp3) is 0.368. The molecule has 1 amide bonds. The fourth-order valence-electron chi connectivity index (χ4n) is 3.25. The van der Waals surface area contributed by atoms with Crippen LogP contribution in [0.3, 0.4) is 0 Å². The third kappa shape index (κ3) is 4.36. The van der Waals surface area contributed by atoms with E-state index in [0.29, 0.717) is 25.3 Å². The van der Waals surface area contributed by atoms with E-state index in [0.717, 1.165) is 24.2 Å². The molecule has 1 aliphatic heterocycles. The normalized spacial score (nSPS) is 15.4. The number of hydrogen-bond acceptors (Lipinski definition) is 5. The zero-order valence-corrected chi connectivity index (χ0v) is 15.1. The SMILES string of the molecule is COc1ccc(C2(CNC(=O)c3ccc(N=[N+]=[N-])nc3)CCOCC2)cc1. The second-order valence-corrected chi connectivity index (χ2v) is 6.40. The number of carbonyl (C=O) groups is 1. The Labute approximate surface area is 157 Å². The highest BCUT2D eigenvalue weighted by Gasteiger charge is 2.35. The number of nitrogens with zero attached hydrogens (tertiary/aromatic N) is 4. The van der Waals surface area contributed by atoms with Gasteiger partial charge in [0, 0.05) is 36.3 Å². The highest BCUT2D eigenvalue weighted by Crippen LogP contribution is 2.35. The number of carbonyl (C=O) groups excluding carboxylic acids is 1. The Hall–Kier alpha value is -3.09. The summed E-state index contributed by atoms with van der Waals surface area (Å²) in [4.78, 5) is 19.2. The second kappa shape index (κ2) is 8.53. The Kier molecular flexibility index (Phi) is 5.90. The lowest BCUT2D eigenvalue weighted by Gasteiger charge is -2.38. The van der Waals surface area contributed by atoms with Crippen molar-refractivity contribution in [3.8, 4) is 5.75 Å². The summed E-state index contributed by atoms with van der Waals surface area (Å²) in [7, 11) is 1.64. The van der Waals surface area contributed by atoms with Gasteiger partial charge < -0.3 is 14.8 Å². The average Bonchev–Trinajstić information content (AvgIpc) is 2.73. The van der Waals surface area contributed by atoms with Crippen LogP contribution in [-0.4, -0.2) is 37.8 Å². The molecule has 0 spiro atoms. The van der Waals surface area contributed by atoms with Crippen LogP contribution in [0.1, 0.15) is 28.8 Å². The molecule has 2 aromatic rings. The van der Waals surface area contributed by atoms with Crippen LogP contribution in [0.2, 0.25) is 0 Å².